The average Bonchev–Trinajstić information content (AvgIpc) is 2.35. The first-order valence-electron chi connectivity index (χ1n) is 5.82. The smallest absolute Gasteiger partial charge is 0.316 e. The monoisotopic (exact) mass is 288 g/mol. The molecule has 1 atom stereocenters. The van der Waals surface area contributed by atoms with Crippen LogP contribution in [0.1, 0.15) is 24.8 Å². The van der Waals surface area contributed by atoms with E-state index in [4.69, 9.17) is 21.4 Å². The van der Waals surface area contributed by atoms with E-state index in [0.29, 0.717) is 24.7 Å². The molecule has 1 N–H and O–H groups in total. The molecule has 1 rings (SSSR count). The molecule has 1 aromatic rings. The maximum atomic E-state index is 10.5. The third kappa shape index (κ3) is 6.28. The Bertz CT molecular complexity index is 367. The molecule has 0 aliphatic rings. The van der Waals surface area contributed by atoms with Gasteiger partial charge in [0.1, 0.15) is 0 Å². The zero-order valence-electron chi connectivity index (χ0n) is 10.0. The normalized spacial score (nSPS) is 12.3. The Morgan fingerprint density at radius 2 is 2.00 bits per heavy atom. The summed E-state index contributed by atoms with van der Waals surface area (Å²) in [5, 5.41) is 8.78. The lowest BCUT2D eigenvalue weighted by Crippen LogP contribution is -2.13. The summed E-state index contributed by atoms with van der Waals surface area (Å²) in [6.45, 7) is 1.18. The summed E-state index contributed by atoms with van der Waals surface area (Å²) in [4.78, 5) is 10.5. The number of carbonyl (C=O) groups is 1. The third-order valence-corrected chi connectivity index (χ3v) is 3.21. The second-order valence-corrected chi connectivity index (χ2v) is 5.09. The van der Waals surface area contributed by atoms with Crippen molar-refractivity contribution >= 4 is 30.2 Å². The van der Waals surface area contributed by atoms with Crippen molar-refractivity contribution in [3.05, 3.63) is 34.9 Å². The summed E-state index contributed by atoms with van der Waals surface area (Å²) >= 11 is 9.74. The van der Waals surface area contributed by atoms with Crippen molar-refractivity contribution in [3.63, 3.8) is 0 Å². The molecule has 3 nitrogen and oxygen atoms in total. The molecular weight excluding hydrogens is 272 g/mol. The maximum Gasteiger partial charge on any atom is 0.316 e. The van der Waals surface area contributed by atoms with Gasteiger partial charge >= 0.3 is 5.97 Å². The zero-order chi connectivity index (χ0) is 13.4. The molecular formula is C13H17ClO3S. The molecule has 100 valence electrons. The van der Waals surface area contributed by atoms with Crippen LogP contribution in [-0.4, -0.2) is 22.9 Å². The van der Waals surface area contributed by atoms with E-state index in [1.54, 1.807) is 0 Å². The Morgan fingerprint density at radius 3 is 2.61 bits per heavy atom. The Hall–Kier alpha value is -0.710. The Balaban J connectivity index is 2.05. The van der Waals surface area contributed by atoms with Gasteiger partial charge in [-0.2, -0.15) is 12.6 Å². The summed E-state index contributed by atoms with van der Waals surface area (Å²) < 4.78 is 5.49. The largest absolute Gasteiger partial charge is 0.480 e. The Labute approximate surface area is 118 Å². The van der Waals surface area contributed by atoms with E-state index >= 15 is 0 Å². The number of ether oxygens (including phenoxy) is 1. The molecule has 0 amide bonds. The number of rotatable bonds is 8. The first-order valence-corrected chi connectivity index (χ1v) is 6.72. The van der Waals surface area contributed by atoms with Crippen LogP contribution in [0.5, 0.6) is 0 Å². The van der Waals surface area contributed by atoms with Gasteiger partial charge in [-0.25, -0.2) is 0 Å². The van der Waals surface area contributed by atoms with Crippen LogP contribution in [0, 0.1) is 0 Å². The molecule has 5 heteroatoms. The van der Waals surface area contributed by atoms with Crippen molar-refractivity contribution in [1.82, 2.24) is 0 Å². The topological polar surface area (TPSA) is 46.5 Å². The van der Waals surface area contributed by atoms with Crippen LogP contribution in [0.4, 0.5) is 0 Å². The number of aliphatic carboxylic acids is 1. The minimum atomic E-state index is -0.861. The van der Waals surface area contributed by atoms with Gasteiger partial charge in [-0.05, 0) is 37.0 Å². The quantitative estimate of drug-likeness (QED) is 0.569. The molecule has 1 unspecified atom stereocenters. The Kier molecular flexibility index (Phi) is 7.16. The van der Waals surface area contributed by atoms with E-state index < -0.39 is 11.2 Å². The number of unbranched alkanes of at least 4 members (excludes halogenated alkanes) is 1. The number of hydrogen-bond donors (Lipinski definition) is 2. The minimum absolute atomic E-state index is 0.556. The van der Waals surface area contributed by atoms with E-state index in [-0.39, 0.29) is 0 Å². The van der Waals surface area contributed by atoms with Crippen molar-refractivity contribution in [2.45, 2.75) is 31.1 Å². The van der Waals surface area contributed by atoms with Gasteiger partial charge in [0.2, 0.25) is 0 Å². The van der Waals surface area contributed by atoms with Crippen LogP contribution < -0.4 is 0 Å². The summed E-state index contributed by atoms with van der Waals surface area (Å²) in [5.41, 5.74) is 1.08. The fourth-order valence-electron chi connectivity index (χ4n) is 1.44. The van der Waals surface area contributed by atoms with Crippen LogP contribution in [0.3, 0.4) is 0 Å². The van der Waals surface area contributed by atoms with Gasteiger partial charge in [0.15, 0.2) is 0 Å². The molecule has 0 spiro atoms. The lowest BCUT2D eigenvalue weighted by Gasteiger charge is -2.06. The van der Waals surface area contributed by atoms with Gasteiger partial charge in [0.25, 0.3) is 0 Å². The van der Waals surface area contributed by atoms with Gasteiger partial charge in [-0.3, -0.25) is 4.79 Å². The van der Waals surface area contributed by atoms with Crippen molar-refractivity contribution in [2.24, 2.45) is 0 Å². The number of carboxylic acids is 1. The lowest BCUT2D eigenvalue weighted by atomic mass is 10.2. The number of hydrogen-bond acceptors (Lipinski definition) is 3. The van der Waals surface area contributed by atoms with Crippen LogP contribution in [0.15, 0.2) is 24.3 Å². The number of carboxylic acid groups (broad SMARTS) is 1. The summed E-state index contributed by atoms with van der Waals surface area (Å²) in [6, 6.07) is 7.52. The summed E-state index contributed by atoms with van der Waals surface area (Å²) in [7, 11) is 0. The molecule has 1 aromatic carbocycles. The predicted molar refractivity (Wildman–Crippen MR) is 75.4 cm³/mol. The molecule has 0 radical (unpaired) electrons. The molecule has 0 aliphatic heterocycles. The molecule has 0 heterocycles. The lowest BCUT2D eigenvalue weighted by molar-refractivity contribution is -0.136. The van der Waals surface area contributed by atoms with Crippen LogP contribution in [0.2, 0.25) is 5.02 Å². The predicted octanol–water partition coefficient (Wildman–Crippen LogP) is 3.41. The van der Waals surface area contributed by atoms with Crippen molar-refractivity contribution in [1.29, 1.82) is 0 Å². The van der Waals surface area contributed by atoms with Gasteiger partial charge in [-0.15, -0.1) is 0 Å². The highest BCUT2D eigenvalue weighted by Crippen LogP contribution is 2.11. The molecule has 0 aliphatic carbocycles. The summed E-state index contributed by atoms with van der Waals surface area (Å²) in [5.74, 6) is -0.861. The van der Waals surface area contributed by atoms with E-state index in [0.717, 1.165) is 18.4 Å². The highest BCUT2D eigenvalue weighted by Gasteiger charge is 2.10. The van der Waals surface area contributed by atoms with Crippen molar-refractivity contribution in [2.75, 3.05) is 6.61 Å². The van der Waals surface area contributed by atoms with Crippen LogP contribution in [-0.2, 0) is 16.1 Å². The SMILES string of the molecule is O=C(O)C(S)CCCCOCc1ccc(Cl)cc1. The first-order chi connectivity index (χ1) is 8.59. The molecule has 18 heavy (non-hydrogen) atoms. The molecule has 0 fully saturated rings. The van der Waals surface area contributed by atoms with Crippen LogP contribution in [0.25, 0.3) is 0 Å². The van der Waals surface area contributed by atoms with Crippen molar-refractivity contribution in [3.8, 4) is 0 Å². The first kappa shape index (κ1) is 15.3. The van der Waals surface area contributed by atoms with E-state index in [1.165, 1.54) is 0 Å². The highest BCUT2D eigenvalue weighted by atomic mass is 35.5. The van der Waals surface area contributed by atoms with Gasteiger partial charge in [0.05, 0.1) is 11.9 Å². The van der Waals surface area contributed by atoms with E-state index in [1.807, 2.05) is 24.3 Å². The van der Waals surface area contributed by atoms with Gasteiger partial charge in [0, 0.05) is 11.6 Å². The number of benzene rings is 1. The highest BCUT2D eigenvalue weighted by molar-refractivity contribution is 7.81. The molecule has 0 saturated carbocycles. The Morgan fingerprint density at radius 1 is 1.33 bits per heavy atom. The number of thiol groups is 1. The molecule has 0 saturated heterocycles. The third-order valence-electron chi connectivity index (χ3n) is 2.48. The second-order valence-electron chi connectivity index (χ2n) is 4.03. The van der Waals surface area contributed by atoms with Crippen molar-refractivity contribution < 1.29 is 14.6 Å². The summed E-state index contributed by atoms with van der Waals surface area (Å²) in [6.07, 6.45) is 2.22. The molecule has 0 bridgehead atoms. The average molecular weight is 289 g/mol. The fourth-order valence-corrected chi connectivity index (χ4v) is 1.74. The minimum Gasteiger partial charge on any atom is -0.480 e. The second kappa shape index (κ2) is 8.40. The van der Waals surface area contributed by atoms with Gasteiger partial charge in [-0.1, -0.05) is 23.7 Å². The standard InChI is InChI=1S/C13H17ClO3S/c14-11-6-4-10(5-7-11)9-17-8-2-1-3-12(18)13(15)16/h4-7,12,18H,1-3,8-9H2,(H,15,16). The molecule has 0 aromatic heterocycles. The fraction of sp³-hybridized carbons (Fsp3) is 0.462. The zero-order valence-corrected chi connectivity index (χ0v) is 11.7. The van der Waals surface area contributed by atoms with Gasteiger partial charge < -0.3 is 9.84 Å². The van der Waals surface area contributed by atoms with E-state index in [2.05, 4.69) is 12.6 Å². The van der Waals surface area contributed by atoms with Crippen LogP contribution >= 0.6 is 24.2 Å². The maximum absolute atomic E-state index is 10.5. The number of halogens is 1. The van der Waals surface area contributed by atoms with E-state index in [9.17, 15) is 4.79 Å².